The van der Waals surface area contributed by atoms with E-state index in [0.717, 1.165) is 6.42 Å². The molecule has 0 aromatic carbocycles. The summed E-state index contributed by atoms with van der Waals surface area (Å²) in [7, 11) is 0. The van der Waals surface area contributed by atoms with E-state index >= 15 is 0 Å². The van der Waals surface area contributed by atoms with Crippen LogP contribution in [0.3, 0.4) is 0 Å². The topological polar surface area (TPSA) is 72.6 Å². The predicted octanol–water partition coefficient (Wildman–Crippen LogP) is -0.202. The number of nitrogens with zero attached hydrogens (tertiary/aromatic N) is 1. The summed E-state index contributed by atoms with van der Waals surface area (Å²) in [4.78, 5) is 24.9. The average molecular weight is 246 g/mol. The van der Waals surface area contributed by atoms with Gasteiger partial charge in [0.2, 0.25) is 5.91 Å². The SMILES string of the molecule is CCOC(=O)[C@@H]1CCCN1C(=O)[C@@H](N)CS. The second kappa shape index (κ2) is 6.10. The van der Waals surface area contributed by atoms with Gasteiger partial charge >= 0.3 is 5.97 Å². The monoisotopic (exact) mass is 246 g/mol. The number of ether oxygens (including phenoxy) is 1. The minimum atomic E-state index is -0.640. The molecular formula is C10H18N2O3S. The van der Waals surface area contributed by atoms with Crippen molar-refractivity contribution < 1.29 is 14.3 Å². The third-order valence-corrected chi connectivity index (χ3v) is 3.00. The Labute approximate surface area is 101 Å². The summed E-state index contributed by atoms with van der Waals surface area (Å²) in [6, 6.07) is -1.10. The van der Waals surface area contributed by atoms with E-state index < -0.39 is 12.1 Å². The molecule has 0 unspecified atom stereocenters. The Kier molecular flexibility index (Phi) is 5.08. The largest absolute Gasteiger partial charge is 0.464 e. The van der Waals surface area contributed by atoms with E-state index in [4.69, 9.17) is 10.5 Å². The van der Waals surface area contributed by atoms with Crippen LogP contribution in [0.5, 0.6) is 0 Å². The lowest BCUT2D eigenvalue weighted by molar-refractivity contribution is -0.153. The van der Waals surface area contributed by atoms with Gasteiger partial charge in [0.25, 0.3) is 0 Å². The minimum absolute atomic E-state index is 0.217. The van der Waals surface area contributed by atoms with Crippen LogP contribution < -0.4 is 5.73 Å². The Bertz CT molecular complexity index is 273. The molecule has 0 bridgehead atoms. The summed E-state index contributed by atoms with van der Waals surface area (Å²) >= 11 is 3.98. The molecule has 0 aromatic heterocycles. The van der Waals surface area contributed by atoms with Gasteiger partial charge in [-0.2, -0.15) is 12.6 Å². The number of rotatable bonds is 4. The number of hydrogen-bond acceptors (Lipinski definition) is 5. The number of amides is 1. The van der Waals surface area contributed by atoms with Crippen LogP contribution >= 0.6 is 12.6 Å². The molecule has 1 rings (SSSR count). The van der Waals surface area contributed by atoms with Gasteiger partial charge in [-0.25, -0.2) is 4.79 Å². The maximum atomic E-state index is 11.8. The van der Waals surface area contributed by atoms with Crippen LogP contribution in [0.25, 0.3) is 0 Å². The van der Waals surface area contributed by atoms with Crippen LogP contribution in [0.1, 0.15) is 19.8 Å². The number of thiol groups is 1. The number of carbonyl (C=O) groups is 2. The standard InChI is InChI=1S/C10H18N2O3S/c1-2-15-10(14)8-4-3-5-12(8)9(13)7(11)6-16/h7-8,16H,2-6,11H2,1H3/t7-,8-/m0/s1. The summed E-state index contributed by atoms with van der Waals surface area (Å²) < 4.78 is 4.93. The van der Waals surface area contributed by atoms with E-state index in [9.17, 15) is 9.59 Å². The Morgan fingerprint density at radius 1 is 1.62 bits per heavy atom. The highest BCUT2D eigenvalue weighted by Crippen LogP contribution is 2.19. The van der Waals surface area contributed by atoms with Crippen LogP contribution in [0.4, 0.5) is 0 Å². The summed E-state index contributed by atoms with van der Waals surface area (Å²) in [5, 5.41) is 0. The zero-order valence-electron chi connectivity index (χ0n) is 9.39. The van der Waals surface area contributed by atoms with Crippen LogP contribution in [0.15, 0.2) is 0 Å². The first-order valence-electron chi connectivity index (χ1n) is 5.45. The van der Waals surface area contributed by atoms with Crippen molar-refractivity contribution in [3.05, 3.63) is 0 Å². The highest BCUT2D eigenvalue weighted by atomic mass is 32.1. The maximum absolute atomic E-state index is 11.8. The van der Waals surface area contributed by atoms with Gasteiger partial charge in [0, 0.05) is 12.3 Å². The normalized spacial score (nSPS) is 21.9. The first-order valence-corrected chi connectivity index (χ1v) is 6.08. The number of esters is 1. The minimum Gasteiger partial charge on any atom is -0.464 e. The number of likely N-dealkylation sites (tertiary alicyclic amines) is 1. The van der Waals surface area contributed by atoms with E-state index in [-0.39, 0.29) is 17.6 Å². The van der Waals surface area contributed by atoms with Gasteiger partial charge in [0.1, 0.15) is 6.04 Å². The van der Waals surface area contributed by atoms with Crippen molar-refractivity contribution in [2.75, 3.05) is 18.9 Å². The molecule has 1 aliphatic rings. The molecule has 0 aromatic rings. The lowest BCUT2D eigenvalue weighted by Gasteiger charge is -2.25. The van der Waals surface area contributed by atoms with E-state index in [0.29, 0.717) is 19.6 Å². The summed E-state index contributed by atoms with van der Waals surface area (Å²) in [5.41, 5.74) is 5.61. The molecule has 1 fully saturated rings. The van der Waals surface area contributed by atoms with Gasteiger partial charge in [-0.1, -0.05) is 0 Å². The quantitative estimate of drug-likeness (QED) is 0.532. The second-order valence-corrected chi connectivity index (χ2v) is 4.10. The molecule has 0 aliphatic carbocycles. The Balaban J connectivity index is 2.65. The molecule has 16 heavy (non-hydrogen) atoms. The van der Waals surface area contributed by atoms with E-state index in [1.807, 2.05) is 0 Å². The Morgan fingerprint density at radius 2 is 2.31 bits per heavy atom. The first kappa shape index (κ1) is 13.3. The van der Waals surface area contributed by atoms with Gasteiger partial charge in [-0.3, -0.25) is 4.79 Å². The summed E-state index contributed by atoms with van der Waals surface area (Å²) in [5.74, 6) is -0.268. The fourth-order valence-electron chi connectivity index (χ4n) is 1.81. The van der Waals surface area contributed by atoms with Crippen molar-refractivity contribution in [3.8, 4) is 0 Å². The van der Waals surface area contributed by atoms with Crippen LogP contribution in [0.2, 0.25) is 0 Å². The molecule has 0 radical (unpaired) electrons. The zero-order valence-corrected chi connectivity index (χ0v) is 10.3. The molecule has 5 nitrogen and oxygen atoms in total. The number of carbonyl (C=O) groups excluding carboxylic acids is 2. The smallest absolute Gasteiger partial charge is 0.328 e. The third-order valence-electron chi connectivity index (χ3n) is 2.61. The predicted molar refractivity (Wildman–Crippen MR) is 63.2 cm³/mol. The number of hydrogen-bond donors (Lipinski definition) is 2. The van der Waals surface area contributed by atoms with Crippen molar-refractivity contribution in [2.24, 2.45) is 5.73 Å². The molecule has 2 N–H and O–H groups in total. The molecule has 2 atom stereocenters. The van der Waals surface area contributed by atoms with Gasteiger partial charge in [-0.15, -0.1) is 0 Å². The Morgan fingerprint density at radius 3 is 2.88 bits per heavy atom. The van der Waals surface area contributed by atoms with Crippen molar-refractivity contribution in [1.82, 2.24) is 4.90 Å². The molecule has 1 aliphatic heterocycles. The molecule has 1 heterocycles. The van der Waals surface area contributed by atoms with Gasteiger partial charge in [-0.05, 0) is 19.8 Å². The first-order chi connectivity index (χ1) is 7.61. The maximum Gasteiger partial charge on any atom is 0.328 e. The molecule has 1 amide bonds. The molecule has 0 spiro atoms. The zero-order chi connectivity index (χ0) is 12.1. The fraction of sp³-hybridized carbons (Fsp3) is 0.800. The van der Waals surface area contributed by atoms with Crippen molar-refractivity contribution >= 4 is 24.5 Å². The lowest BCUT2D eigenvalue weighted by atomic mass is 10.2. The van der Waals surface area contributed by atoms with Gasteiger partial charge in [0.15, 0.2) is 0 Å². The summed E-state index contributed by atoms with van der Waals surface area (Å²) in [6.45, 7) is 2.65. The molecule has 6 heteroatoms. The van der Waals surface area contributed by atoms with E-state index in [1.54, 1.807) is 6.92 Å². The molecule has 0 saturated carbocycles. The average Bonchev–Trinajstić information content (AvgIpc) is 2.76. The van der Waals surface area contributed by atoms with E-state index in [1.165, 1.54) is 4.90 Å². The Hall–Kier alpha value is -0.750. The second-order valence-electron chi connectivity index (χ2n) is 3.73. The summed E-state index contributed by atoms with van der Waals surface area (Å²) in [6.07, 6.45) is 1.47. The molecular weight excluding hydrogens is 228 g/mol. The molecule has 1 saturated heterocycles. The highest BCUT2D eigenvalue weighted by Gasteiger charge is 2.36. The fourth-order valence-corrected chi connectivity index (χ4v) is 1.96. The highest BCUT2D eigenvalue weighted by molar-refractivity contribution is 7.80. The van der Waals surface area contributed by atoms with Gasteiger partial charge < -0.3 is 15.4 Å². The third kappa shape index (κ3) is 2.89. The van der Waals surface area contributed by atoms with Crippen molar-refractivity contribution in [2.45, 2.75) is 31.8 Å². The van der Waals surface area contributed by atoms with Crippen molar-refractivity contribution in [1.29, 1.82) is 0 Å². The van der Waals surface area contributed by atoms with Gasteiger partial charge in [0.05, 0.1) is 12.6 Å². The van der Waals surface area contributed by atoms with E-state index in [2.05, 4.69) is 12.6 Å². The van der Waals surface area contributed by atoms with Crippen LogP contribution in [0, 0.1) is 0 Å². The number of nitrogens with two attached hydrogens (primary N) is 1. The molecule has 92 valence electrons. The lowest BCUT2D eigenvalue weighted by Crippen LogP contribution is -2.49. The van der Waals surface area contributed by atoms with Crippen LogP contribution in [-0.4, -0.2) is 47.8 Å². The van der Waals surface area contributed by atoms with Crippen LogP contribution in [-0.2, 0) is 14.3 Å². The van der Waals surface area contributed by atoms with Crippen molar-refractivity contribution in [3.63, 3.8) is 0 Å².